The molecule has 0 amide bonds. The first kappa shape index (κ1) is 11.9. The summed E-state index contributed by atoms with van der Waals surface area (Å²) in [5.41, 5.74) is 0. The highest BCUT2D eigenvalue weighted by Crippen LogP contribution is 2.22. The van der Waals surface area contributed by atoms with Gasteiger partial charge < -0.3 is 10.2 Å². The second kappa shape index (κ2) is 5.64. The standard InChI is InChI=1S/C12H21N3S/c1-3-15-7-4-5-11(9-15)10(2)14-12-13-6-8-16-12/h6,8,10-11H,3-5,7,9H2,1-2H3,(H,13,14). The Bertz CT molecular complexity index is 299. The smallest absolute Gasteiger partial charge is 0.182 e. The zero-order valence-corrected chi connectivity index (χ0v) is 11.0. The molecule has 3 nitrogen and oxygen atoms in total. The van der Waals surface area contributed by atoms with Crippen LogP contribution in [0.5, 0.6) is 0 Å². The molecular weight excluding hydrogens is 218 g/mol. The SMILES string of the molecule is CCN1CCCC(C(C)Nc2nccs2)C1. The second-order valence-corrected chi connectivity index (χ2v) is 5.46. The maximum absolute atomic E-state index is 4.28. The van der Waals surface area contributed by atoms with Gasteiger partial charge in [-0.2, -0.15) is 0 Å². The van der Waals surface area contributed by atoms with E-state index in [1.807, 2.05) is 11.6 Å². The van der Waals surface area contributed by atoms with Gasteiger partial charge in [-0.1, -0.05) is 6.92 Å². The molecule has 1 aliphatic rings. The first-order valence-electron chi connectivity index (χ1n) is 6.18. The number of piperidine rings is 1. The molecule has 4 heteroatoms. The highest BCUT2D eigenvalue weighted by atomic mass is 32.1. The van der Waals surface area contributed by atoms with Crippen molar-refractivity contribution in [2.24, 2.45) is 5.92 Å². The maximum Gasteiger partial charge on any atom is 0.182 e. The molecule has 1 fully saturated rings. The molecule has 2 atom stereocenters. The van der Waals surface area contributed by atoms with E-state index in [1.54, 1.807) is 11.3 Å². The third-order valence-electron chi connectivity index (χ3n) is 3.48. The van der Waals surface area contributed by atoms with E-state index in [2.05, 4.69) is 29.0 Å². The van der Waals surface area contributed by atoms with Crippen molar-refractivity contribution >= 4 is 16.5 Å². The number of thiazole rings is 1. The van der Waals surface area contributed by atoms with E-state index in [9.17, 15) is 0 Å². The topological polar surface area (TPSA) is 28.2 Å². The lowest BCUT2D eigenvalue weighted by Gasteiger charge is -2.35. The van der Waals surface area contributed by atoms with Gasteiger partial charge in [-0.15, -0.1) is 11.3 Å². The minimum atomic E-state index is 0.528. The average molecular weight is 239 g/mol. The summed E-state index contributed by atoms with van der Waals surface area (Å²) in [6.45, 7) is 8.22. The van der Waals surface area contributed by atoms with Crippen LogP contribution >= 0.6 is 11.3 Å². The van der Waals surface area contributed by atoms with Crippen molar-refractivity contribution in [3.63, 3.8) is 0 Å². The van der Waals surface area contributed by atoms with Crippen LogP contribution in [0.15, 0.2) is 11.6 Å². The van der Waals surface area contributed by atoms with Crippen LogP contribution in [0.3, 0.4) is 0 Å². The summed E-state index contributed by atoms with van der Waals surface area (Å²) in [4.78, 5) is 6.83. The number of hydrogen-bond donors (Lipinski definition) is 1. The van der Waals surface area contributed by atoms with Gasteiger partial charge in [0.05, 0.1) is 0 Å². The van der Waals surface area contributed by atoms with Crippen molar-refractivity contribution in [3.05, 3.63) is 11.6 Å². The summed E-state index contributed by atoms with van der Waals surface area (Å²) in [5, 5.41) is 6.60. The first-order valence-corrected chi connectivity index (χ1v) is 7.06. The molecule has 2 heterocycles. The molecule has 1 aromatic heterocycles. The van der Waals surface area contributed by atoms with Crippen molar-refractivity contribution in [1.29, 1.82) is 0 Å². The molecule has 0 aliphatic carbocycles. The van der Waals surface area contributed by atoms with Crippen LogP contribution in [-0.2, 0) is 0 Å². The molecule has 90 valence electrons. The van der Waals surface area contributed by atoms with Gasteiger partial charge in [0.25, 0.3) is 0 Å². The van der Waals surface area contributed by atoms with Crippen LogP contribution in [0.2, 0.25) is 0 Å². The Labute approximate surface area is 102 Å². The minimum Gasteiger partial charge on any atom is -0.359 e. The van der Waals surface area contributed by atoms with Crippen molar-refractivity contribution in [1.82, 2.24) is 9.88 Å². The number of rotatable bonds is 4. The lowest BCUT2D eigenvalue weighted by Crippen LogP contribution is -2.41. The molecule has 0 spiro atoms. The van der Waals surface area contributed by atoms with Crippen LogP contribution in [-0.4, -0.2) is 35.6 Å². The van der Waals surface area contributed by atoms with Crippen molar-refractivity contribution in [2.45, 2.75) is 32.7 Å². The number of nitrogens with one attached hydrogen (secondary N) is 1. The first-order chi connectivity index (χ1) is 7.79. The molecular formula is C12H21N3S. The molecule has 1 saturated heterocycles. The van der Waals surface area contributed by atoms with E-state index in [0.29, 0.717) is 6.04 Å². The molecule has 1 N–H and O–H groups in total. The van der Waals surface area contributed by atoms with Gasteiger partial charge in [0.15, 0.2) is 5.13 Å². The van der Waals surface area contributed by atoms with Gasteiger partial charge in [0, 0.05) is 24.2 Å². The molecule has 0 bridgehead atoms. The Morgan fingerprint density at radius 1 is 1.69 bits per heavy atom. The van der Waals surface area contributed by atoms with E-state index >= 15 is 0 Å². The predicted octanol–water partition coefficient (Wildman–Crippen LogP) is 2.68. The van der Waals surface area contributed by atoms with Crippen LogP contribution in [0.4, 0.5) is 5.13 Å². The molecule has 2 unspecified atom stereocenters. The largest absolute Gasteiger partial charge is 0.359 e. The number of likely N-dealkylation sites (tertiary alicyclic amines) is 1. The Morgan fingerprint density at radius 3 is 3.25 bits per heavy atom. The van der Waals surface area contributed by atoms with Crippen LogP contribution in [0.25, 0.3) is 0 Å². The van der Waals surface area contributed by atoms with Crippen molar-refractivity contribution in [2.75, 3.05) is 25.0 Å². The second-order valence-electron chi connectivity index (χ2n) is 4.57. The third-order valence-corrected chi connectivity index (χ3v) is 4.18. The molecule has 2 rings (SSSR count). The Balaban J connectivity index is 1.86. The van der Waals surface area contributed by atoms with E-state index in [0.717, 1.165) is 11.0 Å². The zero-order chi connectivity index (χ0) is 11.4. The van der Waals surface area contributed by atoms with Crippen molar-refractivity contribution < 1.29 is 0 Å². The number of nitrogens with zero attached hydrogens (tertiary/aromatic N) is 2. The predicted molar refractivity (Wildman–Crippen MR) is 70.0 cm³/mol. The van der Waals surface area contributed by atoms with E-state index in [1.165, 1.54) is 32.5 Å². The Hall–Kier alpha value is -0.610. The monoisotopic (exact) mass is 239 g/mol. The fourth-order valence-electron chi connectivity index (χ4n) is 2.39. The van der Waals surface area contributed by atoms with Crippen LogP contribution < -0.4 is 5.32 Å². The highest BCUT2D eigenvalue weighted by molar-refractivity contribution is 7.13. The van der Waals surface area contributed by atoms with E-state index in [-0.39, 0.29) is 0 Å². The molecule has 16 heavy (non-hydrogen) atoms. The lowest BCUT2D eigenvalue weighted by atomic mass is 9.92. The number of hydrogen-bond acceptors (Lipinski definition) is 4. The van der Waals surface area contributed by atoms with E-state index in [4.69, 9.17) is 0 Å². The quantitative estimate of drug-likeness (QED) is 0.875. The summed E-state index contributed by atoms with van der Waals surface area (Å²) in [5.74, 6) is 0.762. The van der Waals surface area contributed by atoms with Gasteiger partial charge in [-0.3, -0.25) is 0 Å². The summed E-state index contributed by atoms with van der Waals surface area (Å²) >= 11 is 1.69. The third kappa shape index (κ3) is 2.95. The molecule has 1 aliphatic heterocycles. The highest BCUT2D eigenvalue weighted by Gasteiger charge is 2.23. The summed E-state index contributed by atoms with van der Waals surface area (Å²) in [6.07, 6.45) is 4.54. The summed E-state index contributed by atoms with van der Waals surface area (Å²) < 4.78 is 0. The van der Waals surface area contributed by atoms with Gasteiger partial charge >= 0.3 is 0 Å². The number of aromatic nitrogens is 1. The average Bonchev–Trinajstić information content (AvgIpc) is 2.82. The van der Waals surface area contributed by atoms with Crippen LogP contribution in [0.1, 0.15) is 26.7 Å². The molecule has 0 radical (unpaired) electrons. The van der Waals surface area contributed by atoms with Gasteiger partial charge in [0.2, 0.25) is 0 Å². The van der Waals surface area contributed by atoms with Gasteiger partial charge in [-0.05, 0) is 38.8 Å². The van der Waals surface area contributed by atoms with E-state index < -0.39 is 0 Å². The molecule has 0 saturated carbocycles. The lowest BCUT2D eigenvalue weighted by molar-refractivity contribution is 0.172. The summed E-state index contributed by atoms with van der Waals surface area (Å²) in [6, 6.07) is 0.528. The Morgan fingerprint density at radius 2 is 2.56 bits per heavy atom. The minimum absolute atomic E-state index is 0.528. The molecule has 1 aromatic rings. The van der Waals surface area contributed by atoms with Crippen LogP contribution in [0, 0.1) is 5.92 Å². The Kier molecular flexibility index (Phi) is 4.18. The van der Waals surface area contributed by atoms with Crippen molar-refractivity contribution in [3.8, 4) is 0 Å². The normalized spacial score (nSPS) is 24.2. The van der Waals surface area contributed by atoms with Gasteiger partial charge in [-0.25, -0.2) is 4.98 Å². The molecule has 0 aromatic carbocycles. The zero-order valence-electron chi connectivity index (χ0n) is 10.1. The fourth-order valence-corrected chi connectivity index (χ4v) is 3.02. The maximum atomic E-state index is 4.28. The number of anilines is 1. The van der Waals surface area contributed by atoms with Gasteiger partial charge in [0.1, 0.15) is 0 Å². The fraction of sp³-hybridized carbons (Fsp3) is 0.750. The summed E-state index contributed by atoms with van der Waals surface area (Å²) in [7, 11) is 0.